The van der Waals surface area contributed by atoms with Crippen LogP contribution in [-0.4, -0.2) is 44.5 Å². The van der Waals surface area contributed by atoms with E-state index in [-0.39, 0.29) is 12.0 Å². The number of thiazole rings is 1. The summed E-state index contributed by atoms with van der Waals surface area (Å²) < 4.78 is 7.68. The Hall–Kier alpha value is -2.67. The van der Waals surface area contributed by atoms with Crippen molar-refractivity contribution in [3.8, 4) is 5.19 Å². The number of imidazole rings is 1. The van der Waals surface area contributed by atoms with Gasteiger partial charge in [-0.05, 0) is 17.7 Å². The fourth-order valence-electron chi connectivity index (χ4n) is 2.62. The predicted molar refractivity (Wildman–Crippen MR) is 90.2 cm³/mol. The van der Waals surface area contributed by atoms with Gasteiger partial charge in [-0.15, -0.1) is 0 Å². The van der Waals surface area contributed by atoms with E-state index in [4.69, 9.17) is 4.74 Å². The van der Waals surface area contributed by atoms with Gasteiger partial charge in [0.15, 0.2) is 0 Å². The maximum atomic E-state index is 12.4. The number of nitrogens with zero attached hydrogens (tertiary/aromatic N) is 4. The van der Waals surface area contributed by atoms with E-state index < -0.39 is 0 Å². The molecule has 122 valence electrons. The first-order valence-electron chi connectivity index (χ1n) is 7.68. The van der Waals surface area contributed by atoms with Gasteiger partial charge in [-0.25, -0.2) is 9.97 Å². The van der Waals surface area contributed by atoms with Crippen molar-refractivity contribution in [3.63, 3.8) is 0 Å². The molecule has 4 rings (SSSR count). The first kappa shape index (κ1) is 14.9. The van der Waals surface area contributed by atoms with Crippen molar-refractivity contribution in [2.45, 2.75) is 12.6 Å². The third-order valence-electron chi connectivity index (χ3n) is 3.94. The number of amides is 1. The quantitative estimate of drug-likeness (QED) is 0.715. The van der Waals surface area contributed by atoms with Crippen LogP contribution in [0.4, 0.5) is 0 Å². The minimum absolute atomic E-state index is 0.0422. The standard InChI is InChI=1S/C17H16N4O2S/c22-16(21-10-15(11-21)23-17-19-6-8-24-17)14-3-1-13(2-4-14)9-20-7-5-18-12-20/h1-8,12,15H,9-11H2. The lowest BCUT2D eigenvalue weighted by atomic mass is 10.1. The van der Waals surface area contributed by atoms with Gasteiger partial charge in [0.05, 0.1) is 19.4 Å². The van der Waals surface area contributed by atoms with Crippen LogP contribution in [0.25, 0.3) is 0 Å². The molecular formula is C17H16N4O2S. The molecule has 0 N–H and O–H groups in total. The van der Waals surface area contributed by atoms with E-state index in [1.54, 1.807) is 23.6 Å². The molecule has 2 aromatic heterocycles. The van der Waals surface area contributed by atoms with Gasteiger partial charge in [0.2, 0.25) is 0 Å². The van der Waals surface area contributed by atoms with Crippen LogP contribution in [0, 0.1) is 0 Å². The summed E-state index contributed by atoms with van der Waals surface area (Å²) in [7, 11) is 0. The Morgan fingerprint density at radius 1 is 1.25 bits per heavy atom. The van der Waals surface area contributed by atoms with E-state index in [1.807, 2.05) is 40.4 Å². The lowest BCUT2D eigenvalue weighted by molar-refractivity contribution is 0.0177. The van der Waals surface area contributed by atoms with E-state index in [9.17, 15) is 4.79 Å². The van der Waals surface area contributed by atoms with E-state index in [0.29, 0.717) is 23.8 Å². The topological polar surface area (TPSA) is 60.2 Å². The summed E-state index contributed by atoms with van der Waals surface area (Å²) in [5, 5.41) is 2.54. The number of hydrogen-bond donors (Lipinski definition) is 0. The van der Waals surface area contributed by atoms with E-state index in [1.165, 1.54) is 11.3 Å². The van der Waals surface area contributed by atoms with Crippen LogP contribution < -0.4 is 4.74 Å². The van der Waals surface area contributed by atoms with Crippen molar-refractivity contribution in [2.75, 3.05) is 13.1 Å². The highest BCUT2D eigenvalue weighted by Crippen LogP contribution is 2.21. The number of carbonyl (C=O) groups is 1. The molecule has 6 nitrogen and oxygen atoms in total. The molecule has 3 heterocycles. The molecule has 0 aliphatic carbocycles. The summed E-state index contributed by atoms with van der Waals surface area (Å²) in [6, 6.07) is 7.72. The molecule has 1 fully saturated rings. The Morgan fingerprint density at radius 2 is 2.08 bits per heavy atom. The van der Waals surface area contributed by atoms with Crippen LogP contribution in [0.1, 0.15) is 15.9 Å². The van der Waals surface area contributed by atoms with Crippen LogP contribution in [0.5, 0.6) is 5.19 Å². The second-order valence-electron chi connectivity index (χ2n) is 5.68. The molecular weight excluding hydrogens is 324 g/mol. The van der Waals surface area contributed by atoms with Crippen LogP contribution >= 0.6 is 11.3 Å². The van der Waals surface area contributed by atoms with Crippen molar-refractivity contribution in [1.29, 1.82) is 0 Å². The van der Waals surface area contributed by atoms with Crippen LogP contribution in [0.2, 0.25) is 0 Å². The molecule has 0 radical (unpaired) electrons. The maximum absolute atomic E-state index is 12.4. The average Bonchev–Trinajstić information content (AvgIpc) is 3.24. The molecule has 0 saturated carbocycles. The highest BCUT2D eigenvalue weighted by Gasteiger charge is 2.33. The molecule has 0 bridgehead atoms. The normalized spacial score (nSPS) is 14.4. The predicted octanol–water partition coefficient (Wildman–Crippen LogP) is 2.29. The highest BCUT2D eigenvalue weighted by atomic mass is 32.1. The van der Waals surface area contributed by atoms with Gasteiger partial charge < -0.3 is 14.2 Å². The first-order chi connectivity index (χ1) is 11.8. The summed E-state index contributed by atoms with van der Waals surface area (Å²) in [4.78, 5) is 22.4. The number of likely N-dealkylation sites (tertiary alicyclic amines) is 1. The third-order valence-corrected chi connectivity index (χ3v) is 4.60. The summed E-state index contributed by atoms with van der Waals surface area (Å²) in [6.45, 7) is 1.96. The number of benzene rings is 1. The Morgan fingerprint density at radius 3 is 2.75 bits per heavy atom. The fourth-order valence-corrected chi connectivity index (χ4v) is 3.17. The second kappa shape index (κ2) is 6.45. The smallest absolute Gasteiger partial charge is 0.273 e. The van der Waals surface area contributed by atoms with Crippen molar-refractivity contribution in [2.24, 2.45) is 0 Å². The molecule has 1 aliphatic rings. The van der Waals surface area contributed by atoms with Crippen LogP contribution in [-0.2, 0) is 6.54 Å². The van der Waals surface area contributed by atoms with Crippen molar-refractivity contribution in [3.05, 3.63) is 65.7 Å². The van der Waals surface area contributed by atoms with Gasteiger partial charge in [-0.1, -0.05) is 23.5 Å². The Labute approximate surface area is 143 Å². The van der Waals surface area contributed by atoms with Gasteiger partial charge in [0.25, 0.3) is 11.1 Å². The largest absolute Gasteiger partial charge is 0.463 e. The van der Waals surface area contributed by atoms with E-state index >= 15 is 0 Å². The summed E-state index contributed by atoms with van der Waals surface area (Å²) in [6.07, 6.45) is 7.21. The number of carbonyl (C=O) groups excluding carboxylic acids is 1. The number of rotatable bonds is 5. The molecule has 1 aliphatic heterocycles. The molecule has 7 heteroatoms. The number of ether oxygens (including phenoxy) is 1. The Bertz CT molecular complexity index is 794. The average molecular weight is 340 g/mol. The minimum atomic E-state index is 0.0422. The molecule has 0 spiro atoms. The van der Waals surface area contributed by atoms with E-state index in [2.05, 4.69) is 9.97 Å². The molecule has 1 aromatic carbocycles. The Balaban J connectivity index is 1.32. The zero-order valence-electron chi connectivity index (χ0n) is 12.9. The van der Waals surface area contributed by atoms with Gasteiger partial charge in [0, 0.05) is 36.1 Å². The summed E-state index contributed by atoms with van der Waals surface area (Å²) in [5.41, 5.74) is 1.84. The first-order valence-corrected chi connectivity index (χ1v) is 8.56. The maximum Gasteiger partial charge on any atom is 0.273 e. The third kappa shape index (κ3) is 3.16. The van der Waals surface area contributed by atoms with Crippen LogP contribution in [0.15, 0.2) is 54.6 Å². The van der Waals surface area contributed by atoms with Gasteiger partial charge >= 0.3 is 0 Å². The molecule has 1 saturated heterocycles. The zero-order valence-corrected chi connectivity index (χ0v) is 13.7. The lowest BCUT2D eigenvalue weighted by Gasteiger charge is -2.38. The second-order valence-corrected chi connectivity index (χ2v) is 6.54. The van der Waals surface area contributed by atoms with Crippen molar-refractivity contribution < 1.29 is 9.53 Å². The summed E-state index contributed by atoms with van der Waals surface area (Å²) >= 11 is 1.47. The Kier molecular flexibility index (Phi) is 4.00. The van der Waals surface area contributed by atoms with Crippen molar-refractivity contribution in [1.82, 2.24) is 19.4 Å². The SMILES string of the molecule is O=C(c1ccc(Cn2ccnc2)cc1)N1CC(Oc2nccs2)C1. The molecule has 24 heavy (non-hydrogen) atoms. The molecule has 3 aromatic rings. The minimum Gasteiger partial charge on any atom is -0.463 e. The molecule has 0 unspecified atom stereocenters. The number of aromatic nitrogens is 3. The van der Waals surface area contributed by atoms with Crippen LogP contribution in [0.3, 0.4) is 0 Å². The number of hydrogen-bond acceptors (Lipinski definition) is 5. The monoisotopic (exact) mass is 340 g/mol. The van der Waals surface area contributed by atoms with E-state index in [0.717, 1.165) is 12.1 Å². The fraction of sp³-hybridized carbons (Fsp3) is 0.235. The van der Waals surface area contributed by atoms with Gasteiger partial charge in [-0.3, -0.25) is 4.79 Å². The highest BCUT2D eigenvalue weighted by molar-refractivity contribution is 7.11. The molecule has 1 amide bonds. The zero-order chi connectivity index (χ0) is 16.4. The van der Waals surface area contributed by atoms with Gasteiger partial charge in [-0.2, -0.15) is 0 Å². The van der Waals surface area contributed by atoms with Gasteiger partial charge in [0.1, 0.15) is 6.10 Å². The van der Waals surface area contributed by atoms with Crippen molar-refractivity contribution >= 4 is 17.2 Å². The summed E-state index contributed by atoms with van der Waals surface area (Å²) in [5.74, 6) is 0.0446. The lowest BCUT2D eigenvalue weighted by Crippen LogP contribution is -2.56. The molecule has 0 atom stereocenters.